The van der Waals surface area contributed by atoms with E-state index in [-0.39, 0.29) is 23.8 Å². The molecule has 166 valence electrons. The maximum absolute atomic E-state index is 12.1. The van der Waals surface area contributed by atoms with E-state index >= 15 is 0 Å². The van der Waals surface area contributed by atoms with Crippen molar-refractivity contribution < 1.29 is 44.5 Å². The Bertz CT molecular complexity index is 762. The van der Waals surface area contributed by atoms with Crippen LogP contribution in [0.25, 0.3) is 0 Å². The Balaban J connectivity index is 1.56. The Morgan fingerprint density at radius 1 is 1.03 bits per heavy atom. The Kier molecular flexibility index (Phi) is 5.65. The first-order chi connectivity index (χ1) is 14.1. The molecule has 0 aromatic heterocycles. The molecule has 30 heavy (non-hydrogen) atoms. The van der Waals surface area contributed by atoms with Crippen LogP contribution in [0.2, 0.25) is 0 Å². The average molecular weight is 424 g/mol. The second-order valence-corrected chi connectivity index (χ2v) is 8.62. The minimum Gasteiger partial charge on any atom is -0.458 e. The molecule has 0 unspecified atom stereocenters. The molecule has 5 N–H and O–H groups in total. The molecule has 9 heteroatoms. The van der Waals surface area contributed by atoms with Gasteiger partial charge in [-0.25, -0.2) is 4.79 Å². The summed E-state index contributed by atoms with van der Waals surface area (Å²) in [5.74, 6) is -1.62. The summed E-state index contributed by atoms with van der Waals surface area (Å²) in [7, 11) is 0. The maximum atomic E-state index is 12.1. The number of hydrogen-bond acceptors (Lipinski definition) is 9. The summed E-state index contributed by atoms with van der Waals surface area (Å²) in [4.78, 5) is 12.1. The molecule has 2 saturated heterocycles. The number of hydrogen-bond donors (Lipinski definition) is 5. The van der Waals surface area contributed by atoms with Gasteiger partial charge in [0.05, 0.1) is 24.7 Å². The number of ether oxygens (including phenoxy) is 3. The average Bonchev–Trinajstić information content (AvgIpc) is 3.15. The van der Waals surface area contributed by atoms with E-state index < -0.39 is 67.5 Å². The first-order valence-electron chi connectivity index (χ1n) is 10.1. The molecule has 2 aliphatic heterocycles. The van der Waals surface area contributed by atoms with Crippen LogP contribution in [0.5, 0.6) is 0 Å². The van der Waals surface area contributed by atoms with Gasteiger partial charge >= 0.3 is 5.97 Å². The number of rotatable bonds is 3. The highest BCUT2D eigenvalue weighted by molar-refractivity contribution is 5.91. The van der Waals surface area contributed by atoms with Crippen molar-refractivity contribution >= 4 is 5.97 Å². The Labute approximate surface area is 173 Å². The lowest BCUT2D eigenvalue weighted by molar-refractivity contribution is -0.308. The van der Waals surface area contributed by atoms with E-state index in [1.807, 2.05) is 0 Å². The van der Waals surface area contributed by atoms with Crippen molar-refractivity contribution in [2.45, 2.75) is 61.9 Å². The molecule has 2 aliphatic carbocycles. The van der Waals surface area contributed by atoms with Gasteiger partial charge in [-0.05, 0) is 24.3 Å². The van der Waals surface area contributed by atoms with Crippen LogP contribution in [-0.2, 0) is 19.0 Å². The number of fused-ring (bicyclic) bond motifs is 3. The largest absolute Gasteiger partial charge is 0.458 e. The van der Waals surface area contributed by atoms with Gasteiger partial charge in [0.15, 0.2) is 6.29 Å². The van der Waals surface area contributed by atoms with Crippen molar-refractivity contribution in [2.75, 3.05) is 6.61 Å². The van der Waals surface area contributed by atoms with Crippen molar-refractivity contribution in [1.82, 2.24) is 0 Å². The fourth-order valence-corrected chi connectivity index (χ4v) is 5.25. The van der Waals surface area contributed by atoms with Gasteiger partial charge in [0.2, 0.25) is 0 Å². The molecule has 0 radical (unpaired) electrons. The normalized spacial score (nSPS) is 48.9. The van der Waals surface area contributed by atoms with Crippen LogP contribution in [0.15, 0.2) is 36.5 Å². The highest BCUT2D eigenvalue weighted by Crippen LogP contribution is 2.53. The van der Waals surface area contributed by atoms with Crippen LogP contribution in [-0.4, -0.2) is 87.1 Å². The zero-order chi connectivity index (χ0) is 21.9. The number of carbonyl (C=O) groups excluding carboxylic acids is 1. The summed E-state index contributed by atoms with van der Waals surface area (Å²) in [5, 5.41) is 50.2. The molecular formula is C21H28O9. The summed E-state index contributed by atoms with van der Waals surface area (Å²) in [6.07, 6.45) is -8.30. The zero-order valence-corrected chi connectivity index (χ0v) is 16.5. The molecule has 0 spiro atoms. The third-order valence-corrected chi connectivity index (χ3v) is 6.92. The molecule has 4 aliphatic rings. The van der Waals surface area contributed by atoms with Gasteiger partial charge in [0.25, 0.3) is 0 Å². The highest BCUT2D eigenvalue weighted by atomic mass is 16.7. The lowest BCUT2D eigenvalue weighted by Gasteiger charge is -2.40. The predicted molar refractivity (Wildman–Crippen MR) is 102 cm³/mol. The van der Waals surface area contributed by atoms with Crippen LogP contribution < -0.4 is 0 Å². The lowest BCUT2D eigenvalue weighted by atomic mass is 9.81. The van der Waals surface area contributed by atoms with Crippen molar-refractivity contribution in [3.63, 3.8) is 0 Å². The molecule has 4 fully saturated rings. The number of carbonyl (C=O) groups is 1. The molecule has 9 nitrogen and oxygen atoms in total. The van der Waals surface area contributed by atoms with Gasteiger partial charge in [-0.15, -0.1) is 0 Å². The minimum atomic E-state index is -1.55. The van der Waals surface area contributed by atoms with E-state index in [0.29, 0.717) is 12.0 Å². The Hall–Kier alpha value is -1.59. The fraction of sp³-hybridized carbons (Fsp3) is 0.667. The van der Waals surface area contributed by atoms with E-state index in [0.717, 1.165) is 5.57 Å². The predicted octanol–water partition coefficient (Wildman–Crippen LogP) is -1.22. The zero-order valence-electron chi connectivity index (χ0n) is 16.5. The fourth-order valence-electron chi connectivity index (χ4n) is 5.25. The van der Waals surface area contributed by atoms with E-state index in [1.54, 1.807) is 0 Å². The quantitative estimate of drug-likeness (QED) is 0.214. The van der Waals surface area contributed by atoms with E-state index in [4.69, 9.17) is 14.2 Å². The van der Waals surface area contributed by atoms with Crippen molar-refractivity contribution in [3.8, 4) is 0 Å². The Morgan fingerprint density at radius 2 is 1.73 bits per heavy atom. The first kappa shape index (κ1) is 21.6. The second kappa shape index (κ2) is 7.83. The van der Waals surface area contributed by atoms with Crippen LogP contribution in [0.1, 0.15) is 12.8 Å². The first-order valence-corrected chi connectivity index (χ1v) is 10.1. The number of aliphatic hydroxyl groups is 5. The van der Waals surface area contributed by atoms with Crippen LogP contribution in [0.3, 0.4) is 0 Å². The number of aliphatic hydroxyl groups excluding tert-OH is 5. The smallest absolute Gasteiger partial charge is 0.334 e. The van der Waals surface area contributed by atoms with Gasteiger partial charge in [-0.2, -0.15) is 0 Å². The molecule has 0 aromatic carbocycles. The Morgan fingerprint density at radius 3 is 2.40 bits per heavy atom. The summed E-state index contributed by atoms with van der Waals surface area (Å²) in [5.41, 5.74) is 1.61. The summed E-state index contributed by atoms with van der Waals surface area (Å²) < 4.78 is 16.9. The lowest BCUT2D eigenvalue weighted by Crippen LogP contribution is -2.59. The van der Waals surface area contributed by atoms with Crippen molar-refractivity contribution in [3.05, 3.63) is 36.5 Å². The second-order valence-electron chi connectivity index (χ2n) is 8.62. The van der Waals surface area contributed by atoms with Gasteiger partial charge in [0, 0.05) is 11.5 Å². The molecule has 11 atom stereocenters. The van der Waals surface area contributed by atoms with E-state index in [9.17, 15) is 30.3 Å². The van der Waals surface area contributed by atoms with Gasteiger partial charge in [-0.1, -0.05) is 25.3 Å². The summed E-state index contributed by atoms with van der Waals surface area (Å²) in [6, 6.07) is 0. The van der Waals surface area contributed by atoms with Gasteiger partial charge in [0.1, 0.15) is 30.5 Å². The maximum Gasteiger partial charge on any atom is 0.334 e. The van der Waals surface area contributed by atoms with Crippen LogP contribution in [0, 0.1) is 17.8 Å². The highest BCUT2D eigenvalue weighted by Gasteiger charge is 2.56. The molecule has 0 bridgehead atoms. The molecule has 0 amide bonds. The monoisotopic (exact) mass is 424 g/mol. The van der Waals surface area contributed by atoms with Crippen LogP contribution in [0.4, 0.5) is 0 Å². The standard InChI is InChI=1S/C21H28O9/c1-7-4-11(23)15-9(3)20(27)30-19(15)14-8(2)12(5-10(7)14)28-21-18(26)17(25)16(24)13(6-22)29-21/h10-19,21-26H,1-6H2/t10-,11+,12-,13+,14-,15-,16+,17-,18+,19+,21+/m0/s1. The minimum absolute atomic E-state index is 0.171. The summed E-state index contributed by atoms with van der Waals surface area (Å²) in [6.45, 7) is 11.5. The van der Waals surface area contributed by atoms with Gasteiger partial charge in [-0.3, -0.25) is 0 Å². The molecular weight excluding hydrogens is 396 g/mol. The third kappa shape index (κ3) is 3.25. The molecule has 0 aromatic rings. The van der Waals surface area contributed by atoms with Crippen molar-refractivity contribution in [2.24, 2.45) is 17.8 Å². The summed E-state index contributed by atoms with van der Waals surface area (Å²) >= 11 is 0. The van der Waals surface area contributed by atoms with E-state index in [1.165, 1.54) is 0 Å². The van der Waals surface area contributed by atoms with Crippen molar-refractivity contribution in [1.29, 1.82) is 0 Å². The van der Waals surface area contributed by atoms with Crippen LogP contribution >= 0.6 is 0 Å². The third-order valence-electron chi connectivity index (χ3n) is 6.92. The van der Waals surface area contributed by atoms with E-state index in [2.05, 4.69) is 19.7 Å². The molecule has 2 heterocycles. The SMILES string of the molecule is C=C1C(=O)O[C@H]2[C@@H]1[C@H](O)CC(=C)[C@@H]1C[C@H](O[C@@H]3O[C@H](CO)[C@@H](O)[C@H](O)[C@H]3O)C(=C)[C@H]21. The van der Waals surface area contributed by atoms with Gasteiger partial charge < -0.3 is 39.7 Å². The molecule has 2 saturated carbocycles. The topological polar surface area (TPSA) is 146 Å². The number of esters is 1. The molecule has 4 rings (SSSR count).